The lowest BCUT2D eigenvalue weighted by Crippen LogP contribution is -1.90. The van der Waals surface area contributed by atoms with E-state index in [0.717, 1.165) is 18.2 Å². The van der Waals surface area contributed by atoms with Crippen molar-refractivity contribution in [1.82, 2.24) is 0 Å². The van der Waals surface area contributed by atoms with Crippen molar-refractivity contribution >= 4 is 11.8 Å². The van der Waals surface area contributed by atoms with E-state index in [-0.39, 0.29) is 11.1 Å². The first-order valence-electron chi connectivity index (χ1n) is 4.22. The number of allylic oxidation sites excluding steroid dienone is 1. The molecule has 0 aliphatic rings. The van der Waals surface area contributed by atoms with Gasteiger partial charge in [0.15, 0.2) is 5.75 Å². The highest BCUT2D eigenvalue weighted by molar-refractivity contribution is 5.70. The second-order valence-electron chi connectivity index (χ2n) is 2.94. The Kier molecular flexibility index (Phi) is 3.28. The minimum atomic E-state index is -0.843. The Morgan fingerprint density at radius 2 is 1.88 bits per heavy atom. The Hall–Kier alpha value is -3.06. The first-order valence-corrected chi connectivity index (χ1v) is 4.22. The summed E-state index contributed by atoms with van der Waals surface area (Å²) in [7, 11) is 0. The summed E-state index contributed by atoms with van der Waals surface area (Å²) in [5, 5.41) is 46.1. The summed E-state index contributed by atoms with van der Waals surface area (Å²) >= 11 is 0. The summed E-state index contributed by atoms with van der Waals surface area (Å²) in [6.45, 7) is 0. The molecule has 0 spiro atoms. The molecule has 7 nitrogen and oxygen atoms in total. The van der Waals surface area contributed by atoms with Crippen LogP contribution in [0, 0.1) is 32.8 Å². The number of nitriles is 2. The Labute approximate surface area is 95.2 Å². The first-order chi connectivity index (χ1) is 7.99. The van der Waals surface area contributed by atoms with Gasteiger partial charge in [-0.3, -0.25) is 10.1 Å². The monoisotopic (exact) mass is 231 g/mol. The molecular weight excluding hydrogens is 226 g/mol. The minimum Gasteiger partial charge on any atom is -0.507 e. The van der Waals surface area contributed by atoms with Crippen LogP contribution in [0.2, 0.25) is 0 Å². The number of nitrogens with zero attached hydrogens (tertiary/aromatic N) is 3. The largest absolute Gasteiger partial charge is 0.507 e. The SMILES string of the molecule is N#CC(C#N)=Cc1cc([N+](=O)[O-])c(O)cc1O. The van der Waals surface area contributed by atoms with Gasteiger partial charge in [0.25, 0.3) is 0 Å². The van der Waals surface area contributed by atoms with Crippen LogP contribution in [0.4, 0.5) is 5.69 Å². The van der Waals surface area contributed by atoms with Crippen LogP contribution < -0.4 is 0 Å². The zero-order valence-electron chi connectivity index (χ0n) is 8.28. The van der Waals surface area contributed by atoms with Crippen molar-refractivity contribution in [1.29, 1.82) is 10.5 Å². The lowest BCUT2D eigenvalue weighted by atomic mass is 10.1. The summed E-state index contributed by atoms with van der Waals surface area (Å²) in [5.41, 5.74) is -1.03. The Balaban J connectivity index is 3.42. The van der Waals surface area contributed by atoms with Crippen LogP contribution in [0.3, 0.4) is 0 Å². The molecule has 0 saturated heterocycles. The third-order valence-corrected chi connectivity index (χ3v) is 1.86. The van der Waals surface area contributed by atoms with Gasteiger partial charge < -0.3 is 10.2 Å². The second kappa shape index (κ2) is 4.64. The van der Waals surface area contributed by atoms with Gasteiger partial charge in [0.1, 0.15) is 23.5 Å². The standard InChI is InChI=1S/C10H5N3O4/c11-4-6(5-12)1-7-2-8(13(16)17)10(15)3-9(7)14/h1-3,14-15H. The van der Waals surface area contributed by atoms with Crippen molar-refractivity contribution in [3.05, 3.63) is 33.4 Å². The van der Waals surface area contributed by atoms with Crippen LogP contribution in [0.15, 0.2) is 17.7 Å². The molecule has 0 bridgehead atoms. The molecule has 7 heteroatoms. The average Bonchev–Trinajstić information content (AvgIpc) is 2.27. The highest BCUT2D eigenvalue weighted by atomic mass is 16.6. The number of nitro benzene ring substituents is 1. The molecule has 0 aliphatic carbocycles. The number of nitro groups is 1. The summed E-state index contributed by atoms with van der Waals surface area (Å²) in [4.78, 5) is 9.68. The van der Waals surface area contributed by atoms with E-state index in [1.165, 1.54) is 0 Å². The molecule has 1 rings (SSSR count). The zero-order chi connectivity index (χ0) is 13.0. The Bertz CT molecular complexity index is 577. The quantitative estimate of drug-likeness (QED) is 0.449. The van der Waals surface area contributed by atoms with E-state index in [1.807, 2.05) is 0 Å². The lowest BCUT2D eigenvalue weighted by Gasteiger charge is -2.01. The van der Waals surface area contributed by atoms with Crippen molar-refractivity contribution < 1.29 is 15.1 Å². The fourth-order valence-electron chi connectivity index (χ4n) is 1.09. The van der Waals surface area contributed by atoms with Crippen LogP contribution in [-0.4, -0.2) is 15.1 Å². The molecule has 0 atom stereocenters. The fraction of sp³-hybridized carbons (Fsp3) is 0. The minimum absolute atomic E-state index is 0.0902. The number of rotatable bonds is 2. The zero-order valence-corrected chi connectivity index (χ0v) is 8.28. The molecule has 0 amide bonds. The highest BCUT2D eigenvalue weighted by Crippen LogP contribution is 2.33. The maximum Gasteiger partial charge on any atom is 0.311 e. The number of aromatic hydroxyl groups is 2. The normalized spacial score (nSPS) is 8.82. The van der Waals surface area contributed by atoms with Crippen LogP contribution in [0.25, 0.3) is 6.08 Å². The van der Waals surface area contributed by atoms with Crippen LogP contribution in [-0.2, 0) is 0 Å². The van der Waals surface area contributed by atoms with Crippen LogP contribution >= 0.6 is 0 Å². The van der Waals surface area contributed by atoms with E-state index in [1.54, 1.807) is 12.1 Å². The Morgan fingerprint density at radius 3 is 2.35 bits per heavy atom. The molecule has 1 aromatic carbocycles. The van der Waals surface area contributed by atoms with Gasteiger partial charge >= 0.3 is 5.69 Å². The molecule has 17 heavy (non-hydrogen) atoms. The number of phenolic OH excluding ortho intramolecular Hbond substituents is 2. The van der Waals surface area contributed by atoms with E-state index in [0.29, 0.717) is 0 Å². The first kappa shape index (κ1) is 12.0. The van der Waals surface area contributed by atoms with Crippen molar-refractivity contribution in [2.24, 2.45) is 0 Å². The molecule has 0 aromatic heterocycles. The van der Waals surface area contributed by atoms with Gasteiger partial charge in [0.05, 0.1) is 4.92 Å². The highest BCUT2D eigenvalue weighted by Gasteiger charge is 2.16. The summed E-state index contributed by atoms with van der Waals surface area (Å²) in [5.74, 6) is -1.16. The van der Waals surface area contributed by atoms with Gasteiger partial charge in [-0.25, -0.2) is 0 Å². The molecule has 0 unspecified atom stereocenters. The maximum atomic E-state index is 10.5. The predicted molar refractivity (Wildman–Crippen MR) is 55.6 cm³/mol. The van der Waals surface area contributed by atoms with E-state index in [9.17, 15) is 20.3 Å². The third kappa shape index (κ3) is 2.49. The van der Waals surface area contributed by atoms with Crippen molar-refractivity contribution in [3.63, 3.8) is 0 Å². The van der Waals surface area contributed by atoms with E-state index >= 15 is 0 Å². The molecular formula is C10H5N3O4. The third-order valence-electron chi connectivity index (χ3n) is 1.86. The lowest BCUT2D eigenvalue weighted by molar-refractivity contribution is -0.385. The Morgan fingerprint density at radius 1 is 1.29 bits per heavy atom. The molecule has 0 heterocycles. The molecule has 1 aromatic rings. The van der Waals surface area contributed by atoms with Crippen LogP contribution in [0.5, 0.6) is 11.5 Å². The van der Waals surface area contributed by atoms with E-state index in [4.69, 9.17) is 10.5 Å². The molecule has 84 valence electrons. The van der Waals surface area contributed by atoms with Gasteiger partial charge in [-0.15, -0.1) is 0 Å². The topological polar surface area (TPSA) is 131 Å². The number of hydrogen-bond acceptors (Lipinski definition) is 6. The van der Waals surface area contributed by atoms with Crippen molar-refractivity contribution in [3.8, 4) is 23.6 Å². The second-order valence-corrected chi connectivity index (χ2v) is 2.94. The van der Waals surface area contributed by atoms with Gasteiger partial charge in [0.2, 0.25) is 0 Å². The number of phenols is 2. The van der Waals surface area contributed by atoms with Gasteiger partial charge in [-0.2, -0.15) is 10.5 Å². The van der Waals surface area contributed by atoms with Gasteiger partial charge in [-0.1, -0.05) is 0 Å². The summed E-state index contributed by atoms with van der Waals surface area (Å²) < 4.78 is 0. The van der Waals surface area contributed by atoms with Crippen molar-refractivity contribution in [2.45, 2.75) is 0 Å². The molecule has 0 fully saturated rings. The van der Waals surface area contributed by atoms with Gasteiger partial charge in [-0.05, 0) is 6.08 Å². The fourth-order valence-corrected chi connectivity index (χ4v) is 1.09. The molecule has 0 radical (unpaired) electrons. The predicted octanol–water partition coefficient (Wildman–Crippen LogP) is 1.44. The van der Waals surface area contributed by atoms with E-state index < -0.39 is 22.1 Å². The van der Waals surface area contributed by atoms with Crippen LogP contribution in [0.1, 0.15) is 5.56 Å². The summed E-state index contributed by atoms with van der Waals surface area (Å²) in [6, 6.07) is 4.74. The van der Waals surface area contributed by atoms with Gasteiger partial charge in [0, 0.05) is 17.7 Å². The number of hydrogen-bond donors (Lipinski definition) is 2. The average molecular weight is 231 g/mol. The molecule has 0 saturated carbocycles. The summed E-state index contributed by atoms with van der Waals surface area (Å²) in [6.07, 6.45) is 0.988. The smallest absolute Gasteiger partial charge is 0.311 e. The van der Waals surface area contributed by atoms with Crippen molar-refractivity contribution in [2.75, 3.05) is 0 Å². The number of benzene rings is 1. The molecule has 2 N–H and O–H groups in total. The maximum absolute atomic E-state index is 10.5. The van der Waals surface area contributed by atoms with E-state index in [2.05, 4.69) is 0 Å². The molecule has 0 aliphatic heterocycles.